The van der Waals surface area contributed by atoms with Crippen LogP contribution in [-0.4, -0.2) is 10.2 Å². The van der Waals surface area contributed by atoms with Crippen LogP contribution in [0.1, 0.15) is 68.8 Å². The van der Waals surface area contributed by atoms with Gasteiger partial charge in [-0.1, -0.05) is 20.8 Å². The van der Waals surface area contributed by atoms with Crippen LogP contribution in [0.3, 0.4) is 0 Å². The van der Waals surface area contributed by atoms with Gasteiger partial charge in [-0.15, -0.1) is 0 Å². The molecule has 0 spiro atoms. The molecule has 0 saturated heterocycles. The van der Waals surface area contributed by atoms with Gasteiger partial charge in [0.1, 0.15) is 0 Å². The molecular weight excluding hydrogens is 196 g/mol. The number of aromatic nitrogens is 2. The minimum Gasteiger partial charge on any atom is -0.155 e. The molecule has 1 aromatic heterocycles. The largest absolute Gasteiger partial charge is 0.155 e. The van der Waals surface area contributed by atoms with E-state index in [1.165, 1.54) is 36.2 Å². The van der Waals surface area contributed by atoms with Crippen molar-refractivity contribution in [2.24, 2.45) is 5.41 Å². The molecule has 0 aliphatic heterocycles. The Labute approximate surface area is 97.5 Å². The van der Waals surface area contributed by atoms with E-state index in [0.29, 0.717) is 5.41 Å². The Morgan fingerprint density at radius 2 is 1.94 bits per heavy atom. The van der Waals surface area contributed by atoms with E-state index < -0.39 is 0 Å². The van der Waals surface area contributed by atoms with E-state index in [9.17, 15) is 0 Å². The predicted molar refractivity (Wildman–Crippen MR) is 64.5 cm³/mol. The van der Waals surface area contributed by atoms with Crippen molar-refractivity contribution in [3.63, 3.8) is 0 Å². The molecule has 2 bridgehead atoms. The SMILES string of the molecule is CC(C)(C)Cc1cc2c(nn1)C1CCC2C1. The Kier molecular flexibility index (Phi) is 2.10. The van der Waals surface area contributed by atoms with Crippen LogP contribution in [0.25, 0.3) is 0 Å². The lowest BCUT2D eigenvalue weighted by molar-refractivity contribution is 0.403. The van der Waals surface area contributed by atoms with E-state index in [1.807, 2.05) is 0 Å². The Morgan fingerprint density at radius 3 is 2.69 bits per heavy atom. The van der Waals surface area contributed by atoms with Gasteiger partial charge in [0, 0.05) is 5.92 Å². The summed E-state index contributed by atoms with van der Waals surface area (Å²) in [5.74, 6) is 1.53. The van der Waals surface area contributed by atoms with Crippen LogP contribution < -0.4 is 0 Å². The van der Waals surface area contributed by atoms with Gasteiger partial charge < -0.3 is 0 Å². The van der Waals surface area contributed by atoms with E-state index in [4.69, 9.17) is 0 Å². The van der Waals surface area contributed by atoms with E-state index >= 15 is 0 Å². The summed E-state index contributed by atoms with van der Waals surface area (Å²) < 4.78 is 0. The molecule has 0 N–H and O–H groups in total. The lowest BCUT2D eigenvalue weighted by atomic mass is 9.89. The summed E-state index contributed by atoms with van der Waals surface area (Å²) in [4.78, 5) is 0. The lowest BCUT2D eigenvalue weighted by Crippen LogP contribution is -2.13. The predicted octanol–water partition coefficient (Wildman–Crippen LogP) is 3.43. The first-order valence-electron chi connectivity index (χ1n) is 6.39. The van der Waals surface area contributed by atoms with Gasteiger partial charge in [-0.05, 0) is 48.6 Å². The van der Waals surface area contributed by atoms with Crippen molar-refractivity contribution in [2.75, 3.05) is 0 Å². The van der Waals surface area contributed by atoms with Gasteiger partial charge in [0.25, 0.3) is 0 Å². The summed E-state index contributed by atoms with van der Waals surface area (Å²) in [5, 5.41) is 8.88. The third-order valence-corrected chi connectivity index (χ3v) is 3.87. The molecule has 2 atom stereocenters. The molecule has 2 unspecified atom stereocenters. The zero-order valence-electron chi connectivity index (χ0n) is 10.5. The summed E-state index contributed by atoms with van der Waals surface area (Å²) in [6.45, 7) is 6.77. The van der Waals surface area contributed by atoms with Gasteiger partial charge in [0.05, 0.1) is 11.4 Å². The smallest absolute Gasteiger partial charge is 0.0697 e. The van der Waals surface area contributed by atoms with Crippen LogP contribution in [0, 0.1) is 5.41 Å². The second-order valence-corrected chi connectivity index (χ2v) is 6.62. The third kappa shape index (κ3) is 1.64. The van der Waals surface area contributed by atoms with Crippen LogP contribution in [-0.2, 0) is 6.42 Å². The lowest BCUT2D eigenvalue weighted by Gasteiger charge is -2.19. The maximum atomic E-state index is 4.48. The maximum absolute atomic E-state index is 4.48. The molecular formula is C14H20N2. The van der Waals surface area contributed by atoms with Crippen molar-refractivity contribution in [1.29, 1.82) is 0 Å². The second kappa shape index (κ2) is 3.28. The Balaban J connectivity index is 1.92. The van der Waals surface area contributed by atoms with E-state index in [-0.39, 0.29) is 0 Å². The Hall–Kier alpha value is -0.920. The first kappa shape index (κ1) is 10.2. The van der Waals surface area contributed by atoms with Gasteiger partial charge >= 0.3 is 0 Å². The average molecular weight is 216 g/mol. The summed E-state index contributed by atoms with van der Waals surface area (Å²) in [6, 6.07) is 2.33. The molecule has 1 saturated carbocycles. The van der Waals surface area contributed by atoms with Crippen LogP contribution >= 0.6 is 0 Å². The fourth-order valence-corrected chi connectivity index (χ4v) is 3.24. The van der Waals surface area contributed by atoms with E-state index in [2.05, 4.69) is 37.0 Å². The van der Waals surface area contributed by atoms with Crippen molar-refractivity contribution in [1.82, 2.24) is 10.2 Å². The summed E-state index contributed by atoms with van der Waals surface area (Å²) >= 11 is 0. The molecule has 0 amide bonds. The number of fused-ring (bicyclic) bond motifs is 5. The van der Waals surface area contributed by atoms with Crippen molar-refractivity contribution < 1.29 is 0 Å². The minimum atomic E-state index is 0.306. The highest BCUT2D eigenvalue weighted by molar-refractivity contribution is 5.36. The first-order valence-corrected chi connectivity index (χ1v) is 6.39. The number of rotatable bonds is 1. The molecule has 3 rings (SSSR count). The molecule has 1 heterocycles. The highest BCUT2D eigenvalue weighted by Gasteiger charge is 2.38. The monoisotopic (exact) mass is 216 g/mol. The van der Waals surface area contributed by atoms with Gasteiger partial charge in [-0.25, -0.2) is 0 Å². The van der Waals surface area contributed by atoms with Gasteiger partial charge in [-0.3, -0.25) is 0 Å². The van der Waals surface area contributed by atoms with Crippen molar-refractivity contribution >= 4 is 0 Å². The van der Waals surface area contributed by atoms with Crippen LogP contribution in [0.2, 0.25) is 0 Å². The average Bonchev–Trinajstić information content (AvgIpc) is 2.75. The molecule has 0 aromatic carbocycles. The minimum absolute atomic E-state index is 0.306. The van der Waals surface area contributed by atoms with Crippen LogP contribution in [0.4, 0.5) is 0 Å². The number of nitrogens with zero attached hydrogens (tertiary/aromatic N) is 2. The van der Waals surface area contributed by atoms with Gasteiger partial charge in [0.2, 0.25) is 0 Å². The molecule has 2 nitrogen and oxygen atoms in total. The molecule has 1 fully saturated rings. The van der Waals surface area contributed by atoms with E-state index in [1.54, 1.807) is 0 Å². The van der Waals surface area contributed by atoms with Crippen molar-refractivity contribution in [3.8, 4) is 0 Å². The molecule has 16 heavy (non-hydrogen) atoms. The summed E-state index contributed by atoms with van der Waals surface area (Å²) in [7, 11) is 0. The zero-order valence-corrected chi connectivity index (χ0v) is 10.5. The molecule has 2 heteroatoms. The molecule has 2 aliphatic carbocycles. The standard InChI is InChI=1S/C14H20N2/c1-14(2,3)8-11-7-12-9-4-5-10(6-9)13(12)16-15-11/h7,9-10H,4-6,8H2,1-3H3. The van der Waals surface area contributed by atoms with Crippen LogP contribution in [0.5, 0.6) is 0 Å². The van der Waals surface area contributed by atoms with E-state index in [0.717, 1.165) is 18.3 Å². The molecule has 1 aromatic rings. The maximum Gasteiger partial charge on any atom is 0.0697 e. The quantitative estimate of drug-likeness (QED) is 0.718. The molecule has 86 valence electrons. The topological polar surface area (TPSA) is 25.8 Å². The Morgan fingerprint density at radius 1 is 1.19 bits per heavy atom. The highest BCUT2D eigenvalue weighted by Crippen LogP contribution is 2.51. The third-order valence-electron chi connectivity index (χ3n) is 3.87. The molecule has 0 radical (unpaired) electrons. The number of hydrogen-bond donors (Lipinski definition) is 0. The highest BCUT2D eigenvalue weighted by atomic mass is 15.1. The summed E-state index contributed by atoms with van der Waals surface area (Å²) in [5.41, 5.74) is 4.32. The van der Waals surface area contributed by atoms with Crippen molar-refractivity contribution in [3.05, 3.63) is 23.0 Å². The van der Waals surface area contributed by atoms with Gasteiger partial charge in [-0.2, -0.15) is 10.2 Å². The summed E-state index contributed by atoms with van der Waals surface area (Å²) in [6.07, 6.45) is 5.08. The normalized spacial score (nSPS) is 27.2. The van der Waals surface area contributed by atoms with Gasteiger partial charge in [0.15, 0.2) is 0 Å². The van der Waals surface area contributed by atoms with Crippen LogP contribution in [0.15, 0.2) is 6.07 Å². The fourth-order valence-electron chi connectivity index (χ4n) is 3.24. The zero-order chi connectivity index (χ0) is 11.3. The molecule has 2 aliphatic rings. The fraction of sp³-hybridized carbons (Fsp3) is 0.714. The first-order chi connectivity index (χ1) is 7.53. The number of hydrogen-bond acceptors (Lipinski definition) is 2. The Bertz CT molecular complexity index is 417. The second-order valence-electron chi connectivity index (χ2n) is 6.62. The van der Waals surface area contributed by atoms with Crippen molar-refractivity contribution in [2.45, 2.75) is 58.3 Å².